The first-order chi connectivity index (χ1) is 17.1. The van der Waals surface area contributed by atoms with Gasteiger partial charge in [0.05, 0.1) is 11.3 Å². The van der Waals surface area contributed by atoms with Crippen LogP contribution < -0.4 is 14.8 Å². The third-order valence-corrected chi connectivity index (χ3v) is 5.22. The summed E-state index contributed by atoms with van der Waals surface area (Å²) < 4.78 is 26.6. The number of nitrogens with zero attached hydrogens (tertiary/aromatic N) is 2. The molecule has 3 aromatic carbocycles. The Morgan fingerprint density at radius 3 is 2.63 bits per heavy atom. The maximum atomic E-state index is 15.0. The first-order valence-corrected chi connectivity index (χ1v) is 11.2. The lowest BCUT2D eigenvalue weighted by Gasteiger charge is -2.14. The summed E-state index contributed by atoms with van der Waals surface area (Å²) in [4.78, 5) is 20.0. The lowest BCUT2D eigenvalue weighted by molar-refractivity contribution is -0.113. The summed E-state index contributed by atoms with van der Waals surface area (Å²) in [5.74, 6) is -0.302. The number of aromatic nitrogens is 1. The van der Waals surface area contributed by atoms with E-state index in [9.17, 15) is 9.18 Å². The first-order valence-electron chi connectivity index (χ1n) is 10.6. The molecule has 0 spiro atoms. The van der Waals surface area contributed by atoms with Crippen molar-refractivity contribution in [2.24, 2.45) is 4.99 Å². The van der Waals surface area contributed by atoms with Gasteiger partial charge in [-0.1, -0.05) is 42.5 Å². The molecule has 0 saturated heterocycles. The van der Waals surface area contributed by atoms with Gasteiger partial charge >= 0.3 is 0 Å². The fourth-order valence-electron chi connectivity index (χ4n) is 3.37. The zero-order chi connectivity index (χ0) is 24.6. The van der Waals surface area contributed by atoms with Crippen molar-refractivity contribution in [2.75, 3.05) is 11.2 Å². The molecule has 1 amide bonds. The molecule has 4 rings (SSSR count). The van der Waals surface area contributed by atoms with Crippen molar-refractivity contribution in [3.8, 4) is 28.5 Å². The second-order valence-corrected chi connectivity index (χ2v) is 7.67. The summed E-state index contributed by atoms with van der Waals surface area (Å²) in [7, 11) is 0. The van der Waals surface area contributed by atoms with Crippen LogP contribution in [0.5, 0.6) is 17.4 Å². The summed E-state index contributed by atoms with van der Waals surface area (Å²) in [6.45, 7) is 3.86. The Labute approximate surface area is 207 Å². The van der Waals surface area contributed by atoms with Crippen LogP contribution in [0.2, 0.25) is 0 Å². The maximum absolute atomic E-state index is 15.0. The molecule has 1 aromatic heterocycles. The zero-order valence-corrected chi connectivity index (χ0v) is 19.3. The molecule has 1 heterocycles. The van der Waals surface area contributed by atoms with Crippen molar-refractivity contribution >= 4 is 35.6 Å². The minimum atomic E-state index is -0.533. The molecule has 1 N–H and O–H groups in total. The molecule has 0 bridgehead atoms. The van der Waals surface area contributed by atoms with Crippen LogP contribution in [0.15, 0.2) is 90.1 Å². The average Bonchev–Trinajstić information content (AvgIpc) is 2.88. The standard InChI is InChI=1S/C27H21ClFN3O3/c1-30-23-12-13-31-27(35-21-9-5-8-20(15-21)32-25(33)16-28)26(23)19-10-11-24(22(29)14-19)34-17-18-6-3-2-4-7-18/h2-15H,1,16-17H2,(H,32,33). The van der Waals surface area contributed by atoms with Crippen LogP contribution in [0.3, 0.4) is 0 Å². The molecule has 0 unspecified atom stereocenters. The SMILES string of the molecule is C=Nc1ccnc(Oc2cccc(NC(=O)CCl)c2)c1-c1ccc(OCc2ccccc2)c(F)c1. The molecule has 0 radical (unpaired) electrons. The Bertz CT molecular complexity index is 1350. The summed E-state index contributed by atoms with van der Waals surface area (Å²) in [5, 5.41) is 2.66. The van der Waals surface area contributed by atoms with Gasteiger partial charge in [0.2, 0.25) is 11.8 Å². The van der Waals surface area contributed by atoms with E-state index >= 15 is 0 Å². The van der Waals surface area contributed by atoms with Gasteiger partial charge in [0.25, 0.3) is 0 Å². The molecule has 8 heteroatoms. The molecular formula is C27H21ClFN3O3. The largest absolute Gasteiger partial charge is 0.486 e. The Morgan fingerprint density at radius 2 is 1.89 bits per heavy atom. The number of benzene rings is 3. The zero-order valence-electron chi connectivity index (χ0n) is 18.6. The molecule has 0 saturated carbocycles. The van der Waals surface area contributed by atoms with Crippen molar-refractivity contribution in [1.29, 1.82) is 0 Å². The highest BCUT2D eigenvalue weighted by atomic mass is 35.5. The van der Waals surface area contributed by atoms with Crippen molar-refractivity contribution in [3.63, 3.8) is 0 Å². The average molecular weight is 490 g/mol. The topological polar surface area (TPSA) is 72.8 Å². The fourth-order valence-corrected chi connectivity index (χ4v) is 3.43. The van der Waals surface area contributed by atoms with Crippen LogP contribution in [0, 0.1) is 5.82 Å². The molecule has 6 nitrogen and oxygen atoms in total. The third kappa shape index (κ3) is 6.02. The third-order valence-electron chi connectivity index (χ3n) is 4.98. The number of anilines is 1. The van der Waals surface area contributed by atoms with E-state index in [1.807, 2.05) is 30.3 Å². The highest BCUT2D eigenvalue weighted by molar-refractivity contribution is 6.29. The molecule has 35 heavy (non-hydrogen) atoms. The van der Waals surface area contributed by atoms with E-state index in [4.69, 9.17) is 21.1 Å². The molecule has 0 aliphatic heterocycles. The van der Waals surface area contributed by atoms with Crippen LogP contribution in [0.25, 0.3) is 11.1 Å². The Kier molecular flexibility index (Phi) is 7.70. The number of pyridine rings is 1. The van der Waals surface area contributed by atoms with Crippen LogP contribution in [-0.4, -0.2) is 23.5 Å². The summed E-state index contributed by atoms with van der Waals surface area (Å²) >= 11 is 5.56. The molecule has 0 fully saturated rings. The van der Waals surface area contributed by atoms with Gasteiger partial charge in [0.1, 0.15) is 18.2 Å². The number of ether oxygens (including phenoxy) is 2. The van der Waals surface area contributed by atoms with E-state index in [0.29, 0.717) is 28.3 Å². The van der Waals surface area contributed by atoms with Gasteiger partial charge in [-0.2, -0.15) is 0 Å². The van der Waals surface area contributed by atoms with E-state index in [1.165, 1.54) is 12.3 Å². The Balaban J connectivity index is 1.62. The monoisotopic (exact) mass is 489 g/mol. The number of amides is 1. The van der Waals surface area contributed by atoms with E-state index in [1.54, 1.807) is 42.5 Å². The number of alkyl halides is 1. The van der Waals surface area contributed by atoms with Crippen LogP contribution in [0.4, 0.5) is 15.8 Å². The number of carbonyl (C=O) groups excluding carboxylic acids is 1. The number of nitrogens with one attached hydrogen (secondary N) is 1. The molecule has 0 atom stereocenters. The molecule has 0 aliphatic carbocycles. The van der Waals surface area contributed by atoms with Crippen molar-refractivity contribution < 1.29 is 18.7 Å². The van der Waals surface area contributed by atoms with E-state index in [-0.39, 0.29) is 30.0 Å². The van der Waals surface area contributed by atoms with Gasteiger partial charge in [0.15, 0.2) is 11.6 Å². The molecular weight excluding hydrogens is 469 g/mol. The predicted molar refractivity (Wildman–Crippen MR) is 135 cm³/mol. The van der Waals surface area contributed by atoms with Crippen molar-refractivity contribution in [2.45, 2.75) is 6.61 Å². The number of hydrogen-bond acceptors (Lipinski definition) is 5. The number of carbonyl (C=O) groups is 1. The van der Waals surface area contributed by atoms with Crippen molar-refractivity contribution in [3.05, 3.63) is 96.4 Å². The number of hydrogen-bond donors (Lipinski definition) is 1. The van der Waals surface area contributed by atoms with E-state index in [2.05, 4.69) is 22.0 Å². The predicted octanol–water partition coefficient (Wildman–Crippen LogP) is 6.77. The molecule has 176 valence electrons. The van der Waals surface area contributed by atoms with Gasteiger partial charge in [-0.15, -0.1) is 11.6 Å². The van der Waals surface area contributed by atoms with Crippen LogP contribution in [0.1, 0.15) is 5.56 Å². The van der Waals surface area contributed by atoms with Crippen LogP contribution in [-0.2, 0) is 11.4 Å². The first kappa shape index (κ1) is 23.9. The molecule has 0 aliphatic rings. The highest BCUT2D eigenvalue weighted by Gasteiger charge is 2.17. The number of rotatable bonds is 9. The summed E-state index contributed by atoms with van der Waals surface area (Å²) in [5.41, 5.74) is 2.87. The maximum Gasteiger partial charge on any atom is 0.239 e. The minimum Gasteiger partial charge on any atom is -0.486 e. The fraction of sp³-hybridized carbons (Fsp3) is 0.0741. The minimum absolute atomic E-state index is 0.125. The van der Waals surface area contributed by atoms with Gasteiger partial charge in [-0.3, -0.25) is 9.79 Å². The second-order valence-electron chi connectivity index (χ2n) is 7.40. The quantitative estimate of drug-likeness (QED) is 0.208. The Hall–Kier alpha value is -4.23. The summed E-state index contributed by atoms with van der Waals surface area (Å²) in [6, 6.07) is 22.5. The van der Waals surface area contributed by atoms with E-state index in [0.717, 1.165) is 5.56 Å². The summed E-state index contributed by atoms with van der Waals surface area (Å²) in [6.07, 6.45) is 1.52. The Morgan fingerprint density at radius 1 is 1.06 bits per heavy atom. The highest BCUT2D eigenvalue weighted by Crippen LogP contribution is 2.40. The number of aliphatic imine (C=N–C) groups is 1. The van der Waals surface area contributed by atoms with Gasteiger partial charge in [-0.25, -0.2) is 9.37 Å². The van der Waals surface area contributed by atoms with E-state index < -0.39 is 5.82 Å². The molecule has 4 aromatic rings. The lowest BCUT2D eigenvalue weighted by atomic mass is 10.0. The second kappa shape index (κ2) is 11.3. The smallest absolute Gasteiger partial charge is 0.239 e. The van der Waals surface area contributed by atoms with Crippen LogP contribution >= 0.6 is 11.6 Å². The number of halogens is 2. The normalized spacial score (nSPS) is 10.5. The van der Waals surface area contributed by atoms with Gasteiger partial charge < -0.3 is 14.8 Å². The van der Waals surface area contributed by atoms with Crippen molar-refractivity contribution in [1.82, 2.24) is 4.98 Å². The lowest BCUT2D eigenvalue weighted by Crippen LogP contribution is -2.12. The van der Waals surface area contributed by atoms with Gasteiger partial charge in [-0.05, 0) is 48.2 Å². The van der Waals surface area contributed by atoms with Gasteiger partial charge in [0, 0.05) is 18.0 Å².